The van der Waals surface area contributed by atoms with Gasteiger partial charge in [-0.25, -0.2) is 4.39 Å². The molecule has 2 aromatic rings. The van der Waals surface area contributed by atoms with Crippen LogP contribution in [0.15, 0.2) is 42.5 Å². The van der Waals surface area contributed by atoms with E-state index in [-0.39, 0.29) is 5.56 Å². The van der Waals surface area contributed by atoms with Gasteiger partial charge in [-0.3, -0.25) is 4.90 Å². The van der Waals surface area contributed by atoms with Crippen molar-refractivity contribution in [2.24, 2.45) is 0 Å². The van der Waals surface area contributed by atoms with E-state index in [1.807, 2.05) is 6.92 Å². The Morgan fingerprint density at radius 2 is 2.05 bits per heavy atom. The van der Waals surface area contributed by atoms with Crippen molar-refractivity contribution >= 4 is 17.3 Å². The van der Waals surface area contributed by atoms with Gasteiger partial charge in [0.05, 0.1) is 6.67 Å². The zero-order valence-electron chi connectivity index (χ0n) is 11.6. The fourth-order valence-corrected chi connectivity index (χ4v) is 3.00. The number of benzene rings is 2. The van der Waals surface area contributed by atoms with E-state index in [9.17, 15) is 9.50 Å². The van der Waals surface area contributed by atoms with Gasteiger partial charge in [0.25, 0.3) is 0 Å². The van der Waals surface area contributed by atoms with E-state index >= 15 is 0 Å². The van der Waals surface area contributed by atoms with Crippen LogP contribution >= 0.6 is 11.6 Å². The van der Waals surface area contributed by atoms with Gasteiger partial charge in [-0.15, -0.1) is 0 Å². The predicted octanol–water partition coefficient (Wildman–Crippen LogP) is 3.38. The van der Waals surface area contributed by atoms with Crippen LogP contribution in [0.1, 0.15) is 18.1 Å². The second kappa shape index (κ2) is 5.30. The summed E-state index contributed by atoms with van der Waals surface area (Å²) in [6.07, 6.45) is 0. The lowest BCUT2D eigenvalue weighted by Gasteiger charge is -2.44. The zero-order chi connectivity index (χ0) is 15.0. The standard InChI is InChI=1S/C16H16ClFN2O/c1-2-20-10-19-15-8-7-11(17)9-13(15)16(20,21)12-5-3-4-6-14(12)18/h3-9,19,21H,2,10H2,1H3. The van der Waals surface area contributed by atoms with E-state index in [1.54, 1.807) is 41.3 Å². The van der Waals surface area contributed by atoms with Gasteiger partial charge < -0.3 is 10.4 Å². The van der Waals surface area contributed by atoms with Crippen LogP contribution < -0.4 is 5.32 Å². The molecule has 2 N–H and O–H groups in total. The Bertz CT molecular complexity index is 679. The minimum atomic E-state index is -1.54. The molecule has 3 nitrogen and oxygen atoms in total. The van der Waals surface area contributed by atoms with E-state index in [1.165, 1.54) is 6.07 Å². The largest absolute Gasteiger partial charge is 0.372 e. The first-order chi connectivity index (χ1) is 10.1. The number of nitrogens with one attached hydrogen (secondary N) is 1. The van der Waals surface area contributed by atoms with E-state index < -0.39 is 11.5 Å². The van der Waals surface area contributed by atoms with Gasteiger partial charge in [0.15, 0.2) is 5.72 Å². The number of hydrogen-bond donors (Lipinski definition) is 2. The lowest BCUT2D eigenvalue weighted by Crippen LogP contribution is -2.53. The van der Waals surface area contributed by atoms with Crippen LogP contribution in [0.25, 0.3) is 0 Å². The van der Waals surface area contributed by atoms with Crippen molar-refractivity contribution in [3.8, 4) is 0 Å². The molecule has 1 atom stereocenters. The number of halogens is 2. The Morgan fingerprint density at radius 1 is 1.29 bits per heavy atom. The monoisotopic (exact) mass is 306 g/mol. The van der Waals surface area contributed by atoms with Crippen LogP contribution in [0.5, 0.6) is 0 Å². The Hall–Kier alpha value is -1.62. The molecule has 0 aromatic heterocycles. The third-order valence-corrected chi connectivity index (χ3v) is 4.14. The highest BCUT2D eigenvalue weighted by molar-refractivity contribution is 6.30. The maximum Gasteiger partial charge on any atom is 0.177 e. The SMILES string of the molecule is CCN1CNc2ccc(Cl)cc2C1(O)c1ccccc1F. The molecule has 0 saturated heterocycles. The summed E-state index contributed by atoms with van der Waals surface area (Å²) in [6.45, 7) is 2.91. The molecule has 0 spiro atoms. The maximum atomic E-state index is 14.3. The smallest absolute Gasteiger partial charge is 0.177 e. The minimum Gasteiger partial charge on any atom is -0.372 e. The normalized spacial score (nSPS) is 21.7. The fourth-order valence-electron chi connectivity index (χ4n) is 2.82. The molecule has 1 unspecified atom stereocenters. The van der Waals surface area contributed by atoms with Crippen LogP contribution in [-0.4, -0.2) is 23.2 Å². The summed E-state index contributed by atoms with van der Waals surface area (Å²) in [7, 11) is 0. The van der Waals surface area contributed by atoms with Crippen molar-refractivity contribution in [2.45, 2.75) is 12.6 Å². The molecule has 110 valence electrons. The number of hydrogen-bond acceptors (Lipinski definition) is 3. The maximum absolute atomic E-state index is 14.3. The quantitative estimate of drug-likeness (QED) is 0.893. The average Bonchev–Trinajstić information content (AvgIpc) is 2.48. The molecular formula is C16H16ClFN2O. The summed E-state index contributed by atoms with van der Waals surface area (Å²) >= 11 is 6.07. The molecule has 2 aromatic carbocycles. The molecule has 0 saturated carbocycles. The van der Waals surface area contributed by atoms with E-state index in [2.05, 4.69) is 5.32 Å². The second-order valence-corrected chi connectivity index (χ2v) is 5.47. The minimum absolute atomic E-state index is 0.233. The lowest BCUT2D eigenvalue weighted by atomic mass is 9.89. The summed E-state index contributed by atoms with van der Waals surface area (Å²) in [5, 5.41) is 15.1. The Kier molecular flexibility index (Phi) is 3.61. The van der Waals surface area contributed by atoms with Gasteiger partial charge >= 0.3 is 0 Å². The number of fused-ring (bicyclic) bond motifs is 1. The molecular weight excluding hydrogens is 291 g/mol. The molecule has 21 heavy (non-hydrogen) atoms. The number of nitrogens with zero attached hydrogens (tertiary/aromatic N) is 1. The molecule has 1 aliphatic rings. The van der Waals surface area contributed by atoms with Crippen LogP contribution in [0.3, 0.4) is 0 Å². The summed E-state index contributed by atoms with van der Waals surface area (Å²) < 4.78 is 14.3. The first kappa shape index (κ1) is 14.3. The van der Waals surface area contributed by atoms with Crippen molar-refractivity contribution in [1.82, 2.24) is 4.90 Å². The van der Waals surface area contributed by atoms with Gasteiger partial charge in [0.1, 0.15) is 5.82 Å². The van der Waals surface area contributed by atoms with Crippen LogP contribution in [-0.2, 0) is 5.72 Å². The third kappa shape index (κ3) is 2.20. The Morgan fingerprint density at radius 3 is 2.76 bits per heavy atom. The van der Waals surface area contributed by atoms with Crippen molar-refractivity contribution in [3.05, 3.63) is 64.4 Å². The van der Waals surface area contributed by atoms with Crippen molar-refractivity contribution < 1.29 is 9.50 Å². The Labute approximate surface area is 128 Å². The molecule has 0 aliphatic carbocycles. The van der Waals surface area contributed by atoms with Gasteiger partial charge in [0.2, 0.25) is 0 Å². The predicted molar refractivity (Wildman–Crippen MR) is 81.7 cm³/mol. The molecule has 0 bridgehead atoms. The van der Waals surface area contributed by atoms with E-state index in [4.69, 9.17) is 11.6 Å². The summed E-state index contributed by atoms with van der Waals surface area (Å²) in [6, 6.07) is 11.5. The number of aliphatic hydroxyl groups is 1. The van der Waals surface area contributed by atoms with Gasteiger partial charge in [-0.05, 0) is 24.3 Å². The summed E-state index contributed by atoms with van der Waals surface area (Å²) in [5.74, 6) is -0.439. The van der Waals surface area contributed by atoms with Crippen LogP contribution in [0.2, 0.25) is 5.02 Å². The topological polar surface area (TPSA) is 35.5 Å². The molecule has 0 amide bonds. The number of anilines is 1. The molecule has 1 aliphatic heterocycles. The molecule has 5 heteroatoms. The Balaban J connectivity index is 2.27. The van der Waals surface area contributed by atoms with E-state index in [0.717, 1.165) is 5.69 Å². The third-order valence-electron chi connectivity index (χ3n) is 3.91. The second-order valence-electron chi connectivity index (χ2n) is 5.03. The highest BCUT2D eigenvalue weighted by Gasteiger charge is 2.43. The van der Waals surface area contributed by atoms with Crippen molar-refractivity contribution in [2.75, 3.05) is 18.5 Å². The lowest BCUT2D eigenvalue weighted by molar-refractivity contribution is -0.0809. The van der Waals surface area contributed by atoms with E-state index in [0.29, 0.717) is 23.8 Å². The zero-order valence-corrected chi connectivity index (χ0v) is 12.4. The molecule has 3 rings (SSSR count). The average molecular weight is 307 g/mol. The van der Waals surface area contributed by atoms with Gasteiger partial charge in [-0.2, -0.15) is 0 Å². The first-order valence-corrected chi connectivity index (χ1v) is 7.21. The fraction of sp³-hybridized carbons (Fsp3) is 0.250. The van der Waals surface area contributed by atoms with Crippen LogP contribution in [0.4, 0.5) is 10.1 Å². The first-order valence-electron chi connectivity index (χ1n) is 6.83. The molecule has 0 fully saturated rings. The van der Waals surface area contributed by atoms with Gasteiger partial charge in [0, 0.05) is 28.4 Å². The summed E-state index contributed by atoms with van der Waals surface area (Å²) in [5.41, 5.74) is 0.0193. The van der Waals surface area contributed by atoms with Gasteiger partial charge in [-0.1, -0.05) is 36.7 Å². The molecule has 1 heterocycles. The summed E-state index contributed by atoms with van der Waals surface area (Å²) in [4.78, 5) is 1.77. The van der Waals surface area contributed by atoms with Crippen LogP contribution in [0, 0.1) is 5.82 Å². The van der Waals surface area contributed by atoms with Crippen molar-refractivity contribution in [3.63, 3.8) is 0 Å². The van der Waals surface area contributed by atoms with Crippen molar-refractivity contribution in [1.29, 1.82) is 0 Å². The number of rotatable bonds is 2. The highest BCUT2D eigenvalue weighted by atomic mass is 35.5. The highest BCUT2D eigenvalue weighted by Crippen LogP contribution is 2.42. The molecule has 0 radical (unpaired) electrons.